The first-order chi connectivity index (χ1) is 13.5. The monoisotopic (exact) mass is 393 g/mol. The van der Waals surface area contributed by atoms with Crippen LogP contribution < -0.4 is 0 Å². The van der Waals surface area contributed by atoms with Crippen LogP contribution in [0.5, 0.6) is 0 Å². The number of hydrogen-bond acceptors (Lipinski definition) is 2. The van der Waals surface area contributed by atoms with E-state index in [0.717, 1.165) is 12.5 Å². The molecule has 1 aliphatic rings. The third kappa shape index (κ3) is 10.9. The van der Waals surface area contributed by atoms with Crippen molar-refractivity contribution in [3.05, 3.63) is 0 Å². The highest BCUT2D eigenvalue weighted by molar-refractivity contribution is 5.83. The molecule has 166 valence electrons. The Bertz CT molecular complexity index is 401. The smallest absolute Gasteiger partial charge is 0.189 e. The lowest BCUT2D eigenvalue weighted by atomic mass is 9.86. The minimum absolute atomic E-state index is 0.110. The zero-order valence-corrected chi connectivity index (χ0v) is 20.0. The maximum Gasteiger partial charge on any atom is 0.189 e. The van der Waals surface area contributed by atoms with Gasteiger partial charge in [-0.3, -0.25) is 0 Å². The SMILES string of the molecule is CCCCCCCCCCCCCCCCC(C)(C)C1=NC(C(C)CC)CO1. The molecule has 0 bridgehead atoms. The first kappa shape index (κ1) is 25.5. The van der Waals surface area contributed by atoms with Gasteiger partial charge in [0, 0.05) is 5.41 Å². The van der Waals surface area contributed by atoms with E-state index in [4.69, 9.17) is 9.73 Å². The zero-order chi connectivity index (χ0) is 20.7. The van der Waals surface area contributed by atoms with Crippen molar-refractivity contribution in [3.63, 3.8) is 0 Å². The molecule has 0 fully saturated rings. The highest BCUT2D eigenvalue weighted by Crippen LogP contribution is 2.31. The number of nitrogens with zero attached hydrogens (tertiary/aromatic N) is 1. The summed E-state index contributed by atoms with van der Waals surface area (Å²) in [6.07, 6.45) is 22.3. The number of rotatable bonds is 18. The fourth-order valence-corrected chi connectivity index (χ4v) is 4.19. The Labute approximate surface area is 177 Å². The second kappa shape index (κ2) is 15.3. The van der Waals surface area contributed by atoms with E-state index in [9.17, 15) is 0 Å². The van der Waals surface area contributed by atoms with Gasteiger partial charge in [0.2, 0.25) is 0 Å². The van der Waals surface area contributed by atoms with Crippen LogP contribution in [0.25, 0.3) is 0 Å². The third-order valence-electron chi connectivity index (χ3n) is 6.71. The summed E-state index contributed by atoms with van der Waals surface area (Å²) in [5.41, 5.74) is 0.110. The van der Waals surface area contributed by atoms with E-state index in [0.29, 0.717) is 12.0 Å². The van der Waals surface area contributed by atoms with Crippen molar-refractivity contribution < 1.29 is 4.74 Å². The van der Waals surface area contributed by atoms with E-state index in [1.54, 1.807) is 0 Å². The van der Waals surface area contributed by atoms with Gasteiger partial charge in [-0.05, 0) is 12.3 Å². The molecule has 2 atom stereocenters. The number of hydrogen-bond donors (Lipinski definition) is 0. The van der Waals surface area contributed by atoms with Crippen LogP contribution >= 0.6 is 0 Å². The fourth-order valence-electron chi connectivity index (χ4n) is 4.19. The van der Waals surface area contributed by atoms with Crippen molar-refractivity contribution in [2.45, 2.75) is 143 Å². The molecule has 0 aromatic heterocycles. The first-order valence-electron chi connectivity index (χ1n) is 12.7. The van der Waals surface area contributed by atoms with Gasteiger partial charge >= 0.3 is 0 Å². The Hall–Kier alpha value is -0.530. The Morgan fingerprint density at radius 2 is 1.29 bits per heavy atom. The number of ether oxygens (including phenoxy) is 1. The average molecular weight is 394 g/mol. The molecule has 0 saturated carbocycles. The molecule has 0 saturated heterocycles. The van der Waals surface area contributed by atoms with Gasteiger partial charge in [-0.15, -0.1) is 0 Å². The van der Waals surface area contributed by atoms with Crippen molar-refractivity contribution in [1.29, 1.82) is 0 Å². The van der Waals surface area contributed by atoms with Gasteiger partial charge in [0.15, 0.2) is 5.90 Å². The van der Waals surface area contributed by atoms with Crippen LogP contribution in [0.4, 0.5) is 0 Å². The number of aliphatic imine (C=N–C) groups is 1. The van der Waals surface area contributed by atoms with Crippen molar-refractivity contribution in [2.75, 3.05) is 6.61 Å². The quantitative estimate of drug-likeness (QED) is 0.213. The minimum Gasteiger partial charge on any atom is -0.478 e. The van der Waals surface area contributed by atoms with E-state index in [-0.39, 0.29) is 5.41 Å². The normalized spacial score (nSPS) is 18.2. The molecule has 0 N–H and O–H groups in total. The van der Waals surface area contributed by atoms with Crippen LogP contribution in [0.1, 0.15) is 137 Å². The van der Waals surface area contributed by atoms with Gasteiger partial charge in [-0.2, -0.15) is 0 Å². The lowest BCUT2D eigenvalue weighted by molar-refractivity contribution is 0.248. The summed E-state index contributed by atoms with van der Waals surface area (Å²) in [6.45, 7) is 12.3. The van der Waals surface area contributed by atoms with Crippen molar-refractivity contribution in [3.8, 4) is 0 Å². The molecule has 0 spiro atoms. The molecule has 0 aromatic carbocycles. The maximum atomic E-state index is 5.97. The Morgan fingerprint density at radius 3 is 1.75 bits per heavy atom. The summed E-state index contributed by atoms with van der Waals surface area (Å²) in [6, 6.07) is 0.385. The molecule has 2 nitrogen and oxygen atoms in total. The summed E-state index contributed by atoms with van der Waals surface area (Å²) in [5.74, 6) is 1.65. The lowest BCUT2D eigenvalue weighted by Crippen LogP contribution is -2.24. The van der Waals surface area contributed by atoms with Gasteiger partial charge < -0.3 is 4.74 Å². The van der Waals surface area contributed by atoms with Gasteiger partial charge in [-0.1, -0.05) is 131 Å². The largest absolute Gasteiger partial charge is 0.478 e. The third-order valence-corrected chi connectivity index (χ3v) is 6.71. The number of unbranched alkanes of at least 4 members (excludes halogenated alkanes) is 13. The Morgan fingerprint density at radius 1 is 0.821 bits per heavy atom. The van der Waals surface area contributed by atoms with Crippen LogP contribution in [0.3, 0.4) is 0 Å². The van der Waals surface area contributed by atoms with Gasteiger partial charge in [0.25, 0.3) is 0 Å². The van der Waals surface area contributed by atoms with Gasteiger partial charge in [-0.25, -0.2) is 4.99 Å². The molecule has 2 unspecified atom stereocenters. The Balaban J connectivity index is 1.97. The molecule has 0 amide bonds. The highest BCUT2D eigenvalue weighted by Gasteiger charge is 2.33. The lowest BCUT2D eigenvalue weighted by Gasteiger charge is -2.23. The Kier molecular flexibility index (Phi) is 14.0. The topological polar surface area (TPSA) is 21.6 Å². The predicted molar refractivity (Wildman–Crippen MR) is 125 cm³/mol. The van der Waals surface area contributed by atoms with E-state index in [1.165, 1.54) is 103 Å². The van der Waals surface area contributed by atoms with Crippen LogP contribution in [-0.2, 0) is 4.74 Å². The second-order valence-electron chi connectivity index (χ2n) is 9.93. The van der Waals surface area contributed by atoms with Crippen LogP contribution in [-0.4, -0.2) is 18.5 Å². The van der Waals surface area contributed by atoms with Crippen LogP contribution in [0.2, 0.25) is 0 Å². The summed E-state index contributed by atoms with van der Waals surface area (Å²) in [7, 11) is 0. The molecule has 1 rings (SSSR count). The predicted octanol–water partition coefficient (Wildman–Crippen LogP) is 8.73. The van der Waals surface area contributed by atoms with E-state index < -0.39 is 0 Å². The summed E-state index contributed by atoms with van der Waals surface area (Å²) in [5, 5.41) is 0. The average Bonchev–Trinajstić information content (AvgIpc) is 3.19. The second-order valence-corrected chi connectivity index (χ2v) is 9.93. The van der Waals surface area contributed by atoms with Gasteiger partial charge in [0.05, 0.1) is 6.04 Å². The molecule has 1 aliphatic heterocycles. The van der Waals surface area contributed by atoms with Gasteiger partial charge in [0.1, 0.15) is 6.61 Å². The van der Waals surface area contributed by atoms with Crippen molar-refractivity contribution in [2.24, 2.45) is 16.3 Å². The molecular weight excluding hydrogens is 342 g/mol. The molecule has 28 heavy (non-hydrogen) atoms. The van der Waals surface area contributed by atoms with Crippen LogP contribution in [0, 0.1) is 11.3 Å². The minimum atomic E-state index is 0.110. The first-order valence-corrected chi connectivity index (χ1v) is 12.7. The van der Waals surface area contributed by atoms with Crippen molar-refractivity contribution in [1.82, 2.24) is 0 Å². The molecule has 1 heterocycles. The molecule has 0 aromatic rings. The van der Waals surface area contributed by atoms with Crippen LogP contribution in [0.15, 0.2) is 4.99 Å². The summed E-state index contributed by atoms with van der Waals surface area (Å²) >= 11 is 0. The molecule has 2 heteroatoms. The summed E-state index contributed by atoms with van der Waals surface area (Å²) in [4.78, 5) is 4.91. The zero-order valence-electron chi connectivity index (χ0n) is 20.0. The molecular formula is C26H51NO. The summed E-state index contributed by atoms with van der Waals surface area (Å²) < 4.78 is 5.97. The van der Waals surface area contributed by atoms with E-state index in [1.807, 2.05) is 0 Å². The van der Waals surface area contributed by atoms with E-state index >= 15 is 0 Å². The fraction of sp³-hybridized carbons (Fsp3) is 0.962. The maximum absolute atomic E-state index is 5.97. The highest BCUT2D eigenvalue weighted by atomic mass is 16.5. The van der Waals surface area contributed by atoms with Crippen molar-refractivity contribution >= 4 is 5.90 Å². The molecule has 0 aliphatic carbocycles. The molecule has 0 radical (unpaired) electrons. The van der Waals surface area contributed by atoms with E-state index in [2.05, 4.69) is 34.6 Å². The standard InChI is InChI=1S/C26H51NO/c1-6-8-9-10-11-12-13-14-15-16-17-18-19-20-21-26(4,5)25-27-24(22-28-25)23(3)7-2/h23-24H,6-22H2,1-5H3.